The van der Waals surface area contributed by atoms with Crippen LogP contribution in [0.15, 0.2) is 0 Å². The van der Waals surface area contributed by atoms with Crippen molar-refractivity contribution in [2.24, 2.45) is 11.8 Å². The molecule has 11 heavy (non-hydrogen) atoms. The van der Waals surface area contributed by atoms with Crippen LogP contribution in [0, 0.1) is 5.92 Å². The molecule has 2 nitrogen and oxygen atoms in total. The minimum absolute atomic E-state index is 0.447. The van der Waals surface area contributed by atoms with E-state index in [0.717, 1.165) is 6.42 Å². The number of rotatable bonds is 4. The van der Waals surface area contributed by atoms with Crippen molar-refractivity contribution in [3.8, 4) is 0 Å². The lowest BCUT2D eigenvalue weighted by Crippen LogP contribution is -2.47. The van der Waals surface area contributed by atoms with Crippen LogP contribution in [0.5, 0.6) is 0 Å². The lowest BCUT2D eigenvalue weighted by Gasteiger charge is -2.32. The van der Waals surface area contributed by atoms with Gasteiger partial charge in [-0.15, -0.1) is 0 Å². The van der Waals surface area contributed by atoms with Gasteiger partial charge in [0.1, 0.15) is 0 Å². The van der Waals surface area contributed by atoms with Gasteiger partial charge in [-0.05, 0) is 26.2 Å². The van der Waals surface area contributed by atoms with Gasteiger partial charge >= 0.3 is 0 Å². The van der Waals surface area contributed by atoms with Crippen LogP contribution in [-0.4, -0.2) is 17.1 Å². The second kappa shape index (κ2) is 4.73. The van der Waals surface area contributed by atoms with Crippen molar-refractivity contribution in [1.29, 1.82) is 0 Å². The maximum Gasteiger partial charge on any atom is 0.0264 e. The zero-order valence-corrected chi connectivity index (χ0v) is 8.46. The predicted molar refractivity (Wildman–Crippen MR) is 50.1 cm³/mol. The SMILES string of the molecule is CCC(C(C)C)N(N)C(C)C. The van der Waals surface area contributed by atoms with Gasteiger partial charge in [-0.2, -0.15) is 0 Å². The van der Waals surface area contributed by atoms with Gasteiger partial charge in [0.15, 0.2) is 0 Å². The van der Waals surface area contributed by atoms with E-state index in [2.05, 4.69) is 34.6 Å². The Morgan fingerprint density at radius 1 is 1.18 bits per heavy atom. The molecule has 0 heterocycles. The van der Waals surface area contributed by atoms with Crippen molar-refractivity contribution < 1.29 is 0 Å². The first kappa shape index (κ1) is 10.9. The van der Waals surface area contributed by atoms with Crippen LogP contribution in [0.4, 0.5) is 0 Å². The Kier molecular flexibility index (Phi) is 4.69. The van der Waals surface area contributed by atoms with Crippen LogP contribution in [0.1, 0.15) is 41.0 Å². The summed E-state index contributed by atoms with van der Waals surface area (Å²) >= 11 is 0. The molecule has 1 unspecified atom stereocenters. The average Bonchev–Trinajstić information content (AvgIpc) is 1.88. The predicted octanol–water partition coefficient (Wildman–Crippen LogP) is 2.01. The molecule has 0 aromatic rings. The normalized spacial score (nSPS) is 15.0. The van der Waals surface area contributed by atoms with Gasteiger partial charge < -0.3 is 0 Å². The summed E-state index contributed by atoms with van der Waals surface area (Å²) in [6, 6.07) is 0.970. The van der Waals surface area contributed by atoms with Gasteiger partial charge in [0, 0.05) is 12.1 Å². The molecule has 0 saturated carbocycles. The summed E-state index contributed by atoms with van der Waals surface area (Å²) in [5.41, 5.74) is 0. The van der Waals surface area contributed by atoms with Crippen LogP contribution in [0.3, 0.4) is 0 Å². The summed E-state index contributed by atoms with van der Waals surface area (Å²) in [7, 11) is 0. The van der Waals surface area contributed by atoms with E-state index in [1.807, 2.05) is 5.01 Å². The molecule has 0 bridgehead atoms. The molecule has 0 aliphatic heterocycles. The fourth-order valence-corrected chi connectivity index (χ4v) is 1.41. The summed E-state index contributed by atoms with van der Waals surface area (Å²) in [5.74, 6) is 6.55. The van der Waals surface area contributed by atoms with E-state index in [1.165, 1.54) is 0 Å². The van der Waals surface area contributed by atoms with Crippen molar-refractivity contribution in [3.63, 3.8) is 0 Å². The molecule has 68 valence electrons. The second-order valence-corrected chi connectivity index (χ2v) is 3.76. The van der Waals surface area contributed by atoms with Crippen molar-refractivity contribution in [3.05, 3.63) is 0 Å². The molecule has 2 heteroatoms. The third kappa shape index (κ3) is 3.21. The highest BCUT2D eigenvalue weighted by molar-refractivity contribution is 4.71. The van der Waals surface area contributed by atoms with Gasteiger partial charge in [0.05, 0.1) is 0 Å². The fourth-order valence-electron chi connectivity index (χ4n) is 1.41. The van der Waals surface area contributed by atoms with Crippen LogP contribution in [0.25, 0.3) is 0 Å². The number of hydrogen-bond acceptors (Lipinski definition) is 2. The Labute approximate surface area is 70.7 Å². The van der Waals surface area contributed by atoms with Gasteiger partial charge in [0.25, 0.3) is 0 Å². The molecule has 0 aromatic carbocycles. The molecular weight excluding hydrogens is 136 g/mol. The summed E-state index contributed by atoms with van der Waals surface area (Å²) in [5, 5.41) is 1.96. The van der Waals surface area contributed by atoms with E-state index < -0.39 is 0 Å². The zero-order valence-electron chi connectivity index (χ0n) is 8.46. The highest BCUT2D eigenvalue weighted by atomic mass is 15.4. The smallest absolute Gasteiger partial charge is 0.0264 e. The molecule has 0 saturated heterocycles. The Morgan fingerprint density at radius 3 is 1.73 bits per heavy atom. The van der Waals surface area contributed by atoms with Crippen molar-refractivity contribution in [2.45, 2.75) is 53.1 Å². The monoisotopic (exact) mass is 158 g/mol. The van der Waals surface area contributed by atoms with Crippen LogP contribution < -0.4 is 5.84 Å². The highest BCUT2D eigenvalue weighted by Gasteiger charge is 2.18. The van der Waals surface area contributed by atoms with E-state index in [-0.39, 0.29) is 0 Å². The maximum absolute atomic E-state index is 5.91. The Hall–Kier alpha value is -0.0800. The molecular formula is C9H22N2. The Bertz CT molecular complexity index is 99.7. The Balaban J connectivity index is 4.02. The van der Waals surface area contributed by atoms with E-state index >= 15 is 0 Å². The summed E-state index contributed by atoms with van der Waals surface area (Å²) in [6.45, 7) is 10.9. The molecule has 0 aliphatic carbocycles. The van der Waals surface area contributed by atoms with Gasteiger partial charge in [-0.3, -0.25) is 5.84 Å². The van der Waals surface area contributed by atoms with Crippen molar-refractivity contribution >= 4 is 0 Å². The molecule has 0 amide bonds. The molecule has 0 rings (SSSR count). The lowest BCUT2D eigenvalue weighted by molar-refractivity contribution is 0.115. The molecule has 0 radical (unpaired) electrons. The number of nitrogens with zero attached hydrogens (tertiary/aromatic N) is 1. The van der Waals surface area contributed by atoms with E-state index in [9.17, 15) is 0 Å². The summed E-state index contributed by atoms with van der Waals surface area (Å²) in [4.78, 5) is 0. The second-order valence-electron chi connectivity index (χ2n) is 3.76. The fraction of sp³-hybridized carbons (Fsp3) is 1.00. The number of hydrazine groups is 1. The minimum Gasteiger partial charge on any atom is -0.268 e. The molecule has 0 spiro atoms. The van der Waals surface area contributed by atoms with Crippen molar-refractivity contribution in [2.75, 3.05) is 0 Å². The Morgan fingerprint density at radius 2 is 1.64 bits per heavy atom. The number of nitrogens with two attached hydrogens (primary N) is 1. The quantitative estimate of drug-likeness (QED) is 0.501. The molecule has 2 N–H and O–H groups in total. The van der Waals surface area contributed by atoms with Crippen molar-refractivity contribution in [1.82, 2.24) is 5.01 Å². The maximum atomic E-state index is 5.91. The van der Waals surface area contributed by atoms with Gasteiger partial charge in [-0.25, -0.2) is 5.01 Å². The molecule has 0 aromatic heterocycles. The third-order valence-electron chi connectivity index (χ3n) is 2.17. The topological polar surface area (TPSA) is 29.3 Å². The standard InChI is InChI=1S/C9H22N2/c1-6-9(7(2)3)11(10)8(4)5/h7-9H,6,10H2,1-5H3. The first-order valence-corrected chi connectivity index (χ1v) is 4.53. The average molecular weight is 158 g/mol. The largest absolute Gasteiger partial charge is 0.268 e. The molecule has 0 fully saturated rings. The lowest BCUT2D eigenvalue weighted by atomic mass is 10.0. The zero-order chi connectivity index (χ0) is 9.02. The third-order valence-corrected chi connectivity index (χ3v) is 2.17. The van der Waals surface area contributed by atoms with Crippen LogP contribution in [-0.2, 0) is 0 Å². The number of hydrogen-bond donors (Lipinski definition) is 1. The van der Waals surface area contributed by atoms with E-state index in [0.29, 0.717) is 18.0 Å². The molecule has 0 aliphatic rings. The van der Waals surface area contributed by atoms with Gasteiger partial charge in [0.2, 0.25) is 0 Å². The van der Waals surface area contributed by atoms with Crippen LogP contribution >= 0.6 is 0 Å². The first-order valence-electron chi connectivity index (χ1n) is 4.53. The van der Waals surface area contributed by atoms with E-state index in [4.69, 9.17) is 5.84 Å². The van der Waals surface area contributed by atoms with Crippen LogP contribution in [0.2, 0.25) is 0 Å². The van der Waals surface area contributed by atoms with E-state index in [1.54, 1.807) is 0 Å². The minimum atomic E-state index is 0.447. The van der Waals surface area contributed by atoms with Gasteiger partial charge in [-0.1, -0.05) is 20.8 Å². The highest BCUT2D eigenvalue weighted by Crippen LogP contribution is 2.12. The molecule has 1 atom stereocenters. The first-order chi connectivity index (χ1) is 5.00. The summed E-state index contributed by atoms with van der Waals surface area (Å²) < 4.78 is 0. The summed E-state index contributed by atoms with van der Waals surface area (Å²) in [6.07, 6.45) is 1.13.